The maximum atomic E-state index is 12.5. The molecule has 11 nitrogen and oxygen atoms in total. The molecule has 3 aliphatic heterocycles. The van der Waals surface area contributed by atoms with Crippen molar-refractivity contribution in [3.8, 4) is 11.5 Å². The lowest BCUT2D eigenvalue weighted by molar-refractivity contribution is -0.384. The van der Waals surface area contributed by atoms with Gasteiger partial charge in [0.05, 0.1) is 21.4 Å². The third-order valence-corrected chi connectivity index (χ3v) is 8.94. The summed E-state index contributed by atoms with van der Waals surface area (Å²) in [6.45, 7) is 1.78. The molecule has 0 saturated heterocycles. The molecule has 3 heterocycles. The minimum atomic E-state index is -4.98. The lowest BCUT2D eigenvalue weighted by Crippen LogP contribution is -2.45. The lowest BCUT2D eigenvalue weighted by atomic mass is 9.87. The number of rotatable bonds is 4. The average Bonchev–Trinajstić information content (AvgIpc) is 2.86. The molecule has 2 N–H and O–H groups in total. The summed E-state index contributed by atoms with van der Waals surface area (Å²) in [5.41, 5.74) is 2.36. The molecular formula is C25H21N2O9S2+. The Kier molecular flexibility index (Phi) is 5.47. The van der Waals surface area contributed by atoms with Gasteiger partial charge in [0.15, 0.2) is 0 Å². The van der Waals surface area contributed by atoms with Crippen molar-refractivity contribution in [1.29, 1.82) is 0 Å². The second-order valence-electron chi connectivity index (χ2n) is 9.46. The van der Waals surface area contributed by atoms with Gasteiger partial charge in [-0.1, -0.05) is 6.07 Å². The number of hydrogen-bond donors (Lipinski definition) is 2. The molecular weight excluding hydrogens is 536 g/mol. The van der Waals surface area contributed by atoms with Crippen LogP contribution in [0, 0.1) is 10.1 Å². The van der Waals surface area contributed by atoms with Crippen LogP contribution in [-0.2, 0) is 33.1 Å². The van der Waals surface area contributed by atoms with Crippen LogP contribution in [0.4, 0.5) is 5.69 Å². The van der Waals surface area contributed by atoms with E-state index in [0.717, 1.165) is 54.9 Å². The second-order valence-corrected chi connectivity index (χ2v) is 12.3. The molecule has 0 spiro atoms. The van der Waals surface area contributed by atoms with Crippen molar-refractivity contribution in [2.75, 3.05) is 13.1 Å². The van der Waals surface area contributed by atoms with Crippen LogP contribution in [-0.4, -0.2) is 44.0 Å². The van der Waals surface area contributed by atoms with Crippen molar-refractivity contribution >= 4 is 31.5 Å². The van der Waals surface area contributed by atoms with Gasteiger partial charge in [-0.2, -0.15) is 16.8 Å². The summed E-state index contributed by atoms with van der Waals surface area (Å²) in [7, 11) is -9.76. The summed E-state index contributed by atoms with van der Waals surface area (Å²) < 4.78 is 76.7. The van der Waals surface area contributed by atoms with E-state index in [4.69, 9.17) is 4.74 Å². The van der Waals surface area contributed by atoms with Gasteiger partial charge < -0.3 is 4.74 Å². The Morgan fingerprint density at radius 1 is 0.895 bits per heavy atom. The fraction of sp³-hybridized carbons (Fsp3) is 0.240. The normalized spacial score (nSPS) is 16.3. The van der Waals surface area contributed by atoms with Crippen molar-refractivity contribution in [1.82, 2.24) is 4.58 Å². The first-order chi connectivity index (χ1) is 17.9. The number of nitro groups is 1. The highest BCUT2D eigenvalue weighted by Crippen LogP contribution is 2.41. The molecule has 3 aliphatic rings. The fourth-order valence-electron chi connectivity index (χ4n) is 5.68. The van der Waals surface area contributed by atoms with Crippen molar-refractivity contribution in [3.05, 3.63) is 85.4 Å². The highest BCUT2D eigenvalue weighted by Gasteiger charge is 2.33. The fourth-order valence-corrected chi connectivity index (χ4v) is 6.98. The van der Waals surface area contributed by atoms with Crippen molar-refractivity contribution in [2.24, 2.45) is 0 Å². The maximum Gasteiger partial charge on any atom is 0.295 e. The summed E-state index contributed by atoms with van der Waals surface area (Å²) in [6.07, 6.45) is 3.28. The summed E-state index contributed by atoms with van der Waals surface area (Å²) in [5.74, 6) is 0.574. The first-order valence-electron chi connectivity index (χ1n) is 11.8. The molecule has 0 aromatic heterocycles. The molecule has 0 aliphatic carbocycles. The van der Waals surface area contributed by atoms with E-state index in [1.54, 1.807) is 0 Å². The highest BCUT2D eigenvalue weighted by molar-refractivity contribution is 7.86. The zero-order valence-corrected chi connectivity index (χ0v) is 21.4. The Hall–Kier alpha value is -3.65. The van der Waals surface area contributed by atoms with Crippen LogP contribution in [0.3, 0.4) is 0 Å². The Bertz CT molecular complexity index is 1930. The Morgan fingerprint density at radius 3 is 2.29 bits per heavy atom. The SMILES string of the molecule is O=[N+]([O-])c1ccc2c(c1)Oc1c3c4c(cc1=C2c1ccc(S(=O)(=O)O)cc1S(=O)(=O)O)CCC[N+]=4CCC3. The Labute approximate surface area is 217 Å². The molecule has 3 aromatic rings. The smallest absolute Gasteiger partial charge is 0.295 e. The van der Waals surface area contributed by atoms with E-state index in [1.807, 2.05) is 6.07 Å². The van der Waals surface area contributed by atoms with Crippen molar-refractivity contribution in [3.63, 3.8) is 0 Å². The molecule has 3 aromatic carbocycles. The van der Waals surface area contributed by atoms with Gasteiger partial charge in [0.25, 0.3) is 25.9 Å². The van der Waals surface area contributed by atoms with E-state index in [2.05, 4.69) is 4.58 Å². The standard InChI is InChI=1S/C25H20N2O9S2/c28-27(29)15-5-7-17-21(12-15)36-25-19-4-2-10-26-9-1-3-14(24(19)26)11-20(25)23(17)18-8-6-16(37(30,31)32)13-22(18)38(33,34)35/h5-8,11-13H,1-4,9-10H2,(H-,30,31,32,33,34,35)/p+1. The van der Waals surface area contributed by atoms with E-state index >= 15 is 0 Å². The molecule has 0 fully saturated rings. The molecule has 13 heteroatoms. The Balaban J connectivity index is 1.80. The molecule has 196 valence electrons. The first-order valence-corrected chi connectivity index (χ1v) is 14.7. The number of benzene rings is 3. The number of hydrogen-bond acceptors (Lipinski definition) is 7. The van der Waals surface area contributed by atoms with Crippen LogP contribution < -0.4 is 19.9 Å². The van der Waals surface area contributed by atoms with Crippen LogP contribution in [0.1, 0.15) is 35.1 Å². The van der Waals surface area contributed by atoms with Crippen LogP contribution in [0.5, 0.6) is 11.5 Å². The number of nitro benzene ring substituents is 1. The highest BCUT2D eigenvalue weighted by atomic mass is 32.2. The van der Waals surface area contributed by atoms with Crippen LogP contribution in [0.2, 0.25) is 0 Å². The molecule has 0 saturated carbocycles. The molecule has 0 bridgehead atoms. The van der Waals surface area contributed by atoms with Crippen LogP contribution >= 0.6 is 0 Å². The molecule has 0 amide bonds. The minimum absolute atomic E-state index is 0.0322. The molecule has 38 heavy (non-hydrogen) atoms. The number of ether oxygens (including phenoxy) is 1. The molecule has 6 rings (SSSR count). The Morgan fingerprint density at radius 2 is 1.61 bits per heavy atom. The summed E-state index contributed by atoms with van der Waals surface area (Å²) in [6, 6.07) is 8.79. The van der Waals surface area contributed by atoms with Gasteiger partial charge in [0.2, 0.25) is 5.36 Å². The number of fused-ring (bicyclic) bond motifs is 3. The van der Waals surface area contributed by atoms with Crippen LogP contribution in [0.25, 0.3) is 5.57 Å². The van der Waals surface area contributed by atoms with Gasteiger partial charge in [-0.3, -0.25) is 19.2 Å². The topological polar surface area (TPSA) is 164 Å². The first kappa shape index (κ1) is 24.7. The van der Waals surface area contributed by atoms with Gasteiger partial charge in [-0.05, 0) is 37.1 Å². The summed E-state index contributed by atoms with van der Waals surface area (Å²) in [4.78, 5) is 9.51. The molecule has 0 unspecified atom stereocenters. The third kappa shape index (κ3) is 3.89. The van der Waals surface area contributed by atoms with E-state index in [0.29, 0.717) is 34.6 Å². The maximum absolute atomic E-state index is 12.5. The van der Waals surface area contributed by atoms with Gasteiger partial charge in [-0.15, -0.1) is 0 Å². The van der Waals surface area contributed by atoms with E-state index in [1.165, 1.54) is 24.3 Å². The predicted octanol–water partition coefficient (Wildman–Crippen LogP) is 1.82. The van der Waals surface area contributed by atoms with E-state index in [-0.39, 0.29) is 17.0 Å². The average molecular weight is 558 g/mol. The number of nitrogens with zero attached hydrogens (tertiary/aromatic N) is 2. The van der Waals surface area contributed by atoms with Gasteiger partial charge in [-0.25, -0.2) is 4.58 Å². The zero-order valence-electron chi connectivity index (χ0n) is 19.7. The summed E-state index contributed by atoms with van der Waals surface area (Å²) in [5, 5.41) is 13.1. The van der Waals surface area contributed by atoms with E-state index < -0.39 is 35.0 Å². The third-order valence-electron chi connectivity index (χ3n) is 7.20. The van der Waals surface area contributed by atoms with Crippen molar-refractivity contribution < 1.29 is 35.6 Å². The lowest BCUT2D eigenvalue weighted by Gasteiger charge is -2.26. The monoisotopic (exact) mass is 557 g/mol. The van der Waals surface area contributed by atoms with Gasteiger partial charge in [0.1, 0.15) is 29.5 Å². The summed E-state index contributed by atoms with van der Waals surface area (Å²) >= 11 is 0. The quantitative estimate of drug-likeness (QED) is 0.165. The number of non-ortho nitro benzene ring substituents is 1. The predicted molar refractivity (Wildman–Crippen MR) is 134 cm³/mol. The minimum Gasteiger partial charge on any atom is -0.455 e. The van der Waals surface area contributed by atoms with Gasteiger partial charge in [0, 0.05) is 46.4 Å². The van der Waals surface area contributed by atoms with Crippen LogP contribution in [0.15, 0.2) is 52.3 Å². The zero-order chi connectivity index (χ0) is 27.0. The molecule has 0 atom stereocenters. The number of aryl methyl sites for hydroxylation is 1. The van der Waals surface area contributed by atoms with Gasteiger partial charge >= 0.3 is 0 Å². The largest absolute Gasteiger partial charge is 0.455 e. The molecule has 0 radical (unpaired) electrons. The second kappa shape index (κ2) is 8.43. The van der Waals surface area contributed by atoms with Crippen molar-refractivity contribution in [2.45, 2.75) is 35.5 Å². The van der Waals surface area contributed by atoms with E-state index in [9.17, 15) is 36.1 Å².